The number of nitrogens with two attached hydrogens (primary N) is 1. The van der Waals surface area contributed by atoms with Gasteiger partial charge in [0.05, 0.1) is 11.4 Å². The summed E-state index contributed by atoms with van der Waals surface area (Å²) in [5.41, 5.74) is 12.0. The summed E-state index contributed by atoms with van der Waals surface area (Å²) in [5, 5.41) is 12.6. The number of hydrogen-bond acceptors (Lipinski definition) is 4. The summed E-state index contributed by atoms with van der Waals surface area (Å²) >= 11 is 0. The molecule has 1 aromatic rings. The predicted octanol–water partition coefficient (Wildman–Crippen LogP) is 6.74. The zero-order valence-electron chi connectivity index (χ0n) is 20.6. The highest BCUT2D eigenvalue weighted by Gasteiger charge is 2.29. The van der Waals surface area contributed by atoms with E-state index in [-0.39, 0.29) is 11.7 Å². The molecule has 34 heavy (non-hydrogen) atoms. The molecule has 1 atom stereocenters. The van der Waals surface area contributed by atoms with Gasteiger partial charge in [0.25, 0.3) is 0 Å². The van der Waals surface area contributed by atoms with Crippen molar-refractivity contribution >= 4 is 11.4 Å². The number of nitrogens with zero attached hydrogens (tertiary/aromatic N) is 1. The molecule has 0 aromatic heterocycles. The molecule has 5 heteroatoms. The van der Waals surface area contributed by atoms with Gasteiger partial charge in [-0.2, -0.15) is 0 Å². The first-order chi connectivity index (χ1) is 16.4. The molecule has 1 unspecified atom stereocenters. The van der Waals surface area contributed by atoms with Crippen molar-refractivity contribution < 1.29 is 4.39 Å². The van der Waals surface area contributed by atoms with Gasteiger partial charge in [-0.1, -0.05) is 75.4 Å². The smallest absolute Gasteiger partial charge is 0.128 e. The Balaban J connectivity index is 2.04. The first kappa shape index (κ1) is 25.4. The molecule has 4 N–H and O–H groups in total. The van der Waals surface area contributed by atoms with Crippen molar-refractivity contribution in [3.05, 3.63) is 94.8 Å². The minimum Gasteiger partial charge on any atom is -0.383 e. The van der Waals surface area contributed by atoms with E-state index in [0.29, 0.717) is 41.7 Å². The molecule has 1 aliphatic carbocycles. The molecule has 1 aliphatic heterocycles. The molecular formula is C29H37FN4. The largest absolute Gasteiger partial charge is 0.383 e. The lowest BCUT2D eigenvalue weighted by molar-refractivity contribution is 0.563. The number of hydrogen-bond donors (Lipinski definition) is 3. The topological polar surface area (TPSA) is 74.3 Å². The van der Waals surface area contributed by atoms with E-state index in [1.165, 1.54) is 11.6 Å². The SMILES string of the molecule is C=C/C=C\C(C(=N)C1=NC(N)=C(C2CC2)C=C(CC)C1)=C(\NCc1ccccc1F)C(C)CC. The van der Waals surface area contributed by atoms with Crippen LogP contribution in [0.25, 0.3) is 0 Å². The second-order valence-corrected chi connectivity index (χ2v) is 9.06. The minimum atomic E-state index is -0.242. The van der Waals surface area contributed by atoms with Gasteiger partial charge in [0.2, 0.25) is 0 Å². The van der Waals surface area contributed by atoms with Crippen molar-refractivity contribution in [2.24, 2.45) is 22.6 Å². The van der Waals surface area contributed by atoms with E-state index < -0.39 is 0 Å². The Hall–Kier alpha value is -3.21. The molecule has 3 rings (SSSR count). The average molecular weight is 461 g/mol. The number of halogens is 1. The van der Waals surface area contributed by atoms with Crippen LogP contribution in [0.2, 0.25) is 0 Å². The van der Waals surface area contributed by atoms with Crippen molar-refractivity contribution in [2.45, 2.75) is 59.4 Å². The summed E-state index contributed by atoms with van der Waals surface area (Å²) in [7, 11) is 0. The van der Waals surface area contributed by atoms with E-state index in [2.05, 4.69) is 38.7 Å². The molecule has 0 saturated heterocycles. The normalized spacial score (nSPS) is 18.1. The number of allylic oxidation sites excluding steroid dienone is 8. The van der Waals surface area contributed by atoms with Crippen LogP contribution < -0.4 is 11.1 Å². The monoisotopic (exact) mass is 460 g/mol. The van der Waals surface area contributed by atoms with Crippen LogP contribution in [0.5, 0.6) is 0 Å². The molecule has 4 nitrogen and oxygen atoms in total. The summed E-state index contributed by atoms with van der Waals surface area (Å²) in [6.45, 7) is 10.5. The summed E-state index contributed by atoms with van der Waals surface area (Å²) in [5.74, 6) is 0.919. The quantitative estimate of drug-likeness (QED) is 0.253. The lowest BCUT2D eigenvalue weighted by atomic mass is 9.92. The van der Waals surface area contributed by atoms with E-state index in [1.54, 1.807) is 18.2 Å². The van der Waals surface area contributed by atoms with Crippen molar-refractivity contribution in [1.29, 1.82) is 5.41 Å². The number of benzene rings is 1. The van der Waals surface area contributed by atoms with Gasteiger partial charge in [-0.25, -0.2) is 9.38 Å². The van der Waals surface area contributed by atoms with Gasteiger partial charge in [0.1, 0.15) is 11.6 Å². The Morgan fingerprint density at radius 3 is 2.68 bits per heavy atom. The van der Waals surface area contributed by atoms with Crippen molar-refractivity contribution in [3.8, 4) is 0 Å². The van der Waals surface area contributed by atoms with Crippen LogP contribution in [-0.4, -0.2) is 11.4 Å². The van der Waals surface area contributed by atoms with Crippen LogP contribution in [0.3, 0.4) is 0 Å². The standard InChI is InChI=1S/C29H37FN4/c1-5-8-12-23(28(19(4)6-2)33-18-22-11-9-10-13-25(22)30)27(31)26-17-20(7-3)16-24(21-14-15-21)29(32)34-26/h5,8-13,16,19,21,31,33H,1,6-7,14-15,17-18,32H2,2-4H3/b12-8-,28-23-,31-27?. The Labute approximate surface area is 203 Å². The lowest BCUT2D eigenvalue weighted by Gasteiger charge is -2.22. The van der Waals surface area contributed by atoms with Crippen LogP contribution in [0.4, 0.5) is 4.39 Å². The Morgan fingerprint density at radius 2 is 2.06 bits per heavy atom. The van der Waals surface area contributed by atoms with Gasteiger partial charge < -0.3 is 11.1 Å². The highest BCUT2D eigenvalue weighted by atomic mass is 19.1. The molecule has 1 fully saturated rings. The Morgan fingerprint density at radius 1 is 1.32 bits per heavy atom. The highest BCUT2D eigenvalue weighted by molar-refractivity contribution is 6.48. The second kappa shape index (κ2) is 11.8. The zero-order valence-corrected chi connectivity index (χ0v) is 20.6. The van der Waals surface area contributed by atoms with Gasteiger partial charge in [-0.05, 0) is 49.2 Å². The summed E-state index contributed by atoms with van der Waals surface area (Å²) in [4.78, 5) is 4.76. The molecule has 1 saturated carbocycles. The summed E-state index contributed by atoms with van der Waals surface area (Å²) < 4.78 is 14.3. The van der Waals surface area contributed by atoms with Gasteiger partial charge in [-0.15, -0.1) is 0 Å². The molecule has 1 aromatic carbocycles. The first-order valence-electron chi connectivity index (χ1n) is 12.3. The molecule has 0 radical (unpaired) electrons. The van der Waals surface area contributed by atoms with Crippen LogP contribution >= 0.6 is 0 Å². The fourth-order valence-electron chi connectivity index (χ4n) is 4.10. The molecular weight excluding hydrogens is 423 g/mol. The Bertz CT molecular complexity index is 1080. The molecule has 180 valence electrons. The van der Waals surface area contributed by atoms with Crippen LogP contribution in [0.15, 0.2) is 88.4 Å². The highest BCUT2D eigenvalue weighted by Crippen LogP contribution is 2.40. The molecule has 2 aliphatic rings. The van der Waals surface area contributed by atoms with Crippen molar-refractivity contribution in [2.75, 3.05) is 0 Å². The van der Waals surface area contributed by atoms with Crippen LogP contribution in [-0.2, 0) is 6.54 Å². The lowest BCUT2D eigenvalue weighted by Crippen LogP contribution is -2.26. The van der Waals surface area contributed by atoms with E-state index in [4.69, 9.17) is 10.7 Å². The fourth-order valence-corrected chi connectivity index (χ4v) is 4.10. The number of nitrogens with one attached hydrogen (secondary N) is 2. The van der Waals surface area contributed by atoms with Crippen LogP contribution in [0, 0.1) is 23.1 Å². The third-order valence-electron chi connectivity index (χ3n) is 6.56. The third-order valence-corrected chi connectivity index (χ3v) is 6.56. The maximum absolute atomic E-state index is 14.3. The van der Waals surface area contributed by atoms with E-state index in [0.717, 1.165) is 42.5 Å². The Kier molecular flexibility index (Phi) is 8.80. The molecule has 0 amide bonds. The molecule has 1 heterocycles. The van der Waals surface area contributed by atoms with E-state index in [9.17, 15) is 9.80 Å². The predicted molar refractivity (Wildman–Crippen MR) is 141 cm³/mol. The van der Waals surface area contributed by atoms with Gasteiger partial charge in [0.15, 0.2) is 0 Å². The van der Waals surface area contributed by atoms with E-state index >= 15 is 0 Å². The first-order valence-corrected chi connectivity index (χ1v) is 12.3. The third kappa shape index (κ3) is 6.22. The molecule has 0 bridgehead atoms. The number of rotatable bonds is 11. The second-order valence-electron chi connectivity index (χ2n) is 9.06. The van der Waals surface area contributed by atoms with Gasteiger partial charge in [0, 0.05) is 29.8 Å². The molecule has 0 spiro atoms. The summed E-state index contributed by atoms with van der Waals surface area (Å²) in [6, 6.07) is 6.77. The minimum absolute atomic E-state index is 0.138. The van der Waals surface area contributed by atoms with Crippen LogP contribution in [0.1, 0.15) is 58.4 Å². The van der Waals surface area contributed by atoms with Gasteiger partial charge in [-0.3, -0.25) is 5.41 Å². The van der Waals surface area contributed by atoms with Gasteiger partial charge >= 0.3 is 0 Å². The fraction of sp³-hybridized carbons (Fsp3) is 0.379. The van der Waals surface area contributed by atoms with E-state index in [1.807, 2.05) is 18.2 Å². The summed E-state index contributed by atoms with van der Waals surface area (Å²) in [6.07, 6.45) is 12.3. The zero-order chi connectivity index (χ0) is 24.7. The van der Waals surface area contributed by atoms with Crippen molar-refractivity contribution in [3.63, 3.8) is 0 Å². The maximum atomic E-state index is 14.3. The van der Waals surface area contributed by atoms with Crippen molar-refractivity contribution in [1.82, 2.24) is 5.32 Å². The average Bonchev–Trinajstić information content (AvgIpc) is 3.68. The maximum Gasteiger partial charge on any atom is 0.128 e. The number of aliphatic imine (C=N–C) groups is 1.